The zero-order chi connectivity index (χ0) is 17.4. The quantitative estimate of drug-likeness (QED) is 0.747. The molecule has 0 saturated heterocycles. The summed E-state index contributed by atoms with van der Waals surface area (Å²) in [6, 6.07) is 6.59. The molecular weight excluding hydrogens is 310 g/mol. The highest BCUT2D eigenvalue weighted by Gasteiger charge is 2.20. The Kier molecular flexibility index (Phi) is 7.06. The van der Waals surface area contributed by atoms with Gasteiger partial charge in [-0.25, -0.2) is 4.79 Å². The van der Waals surface area contributed by atoms with Gasteiger partial charge in [0.2, 0.25) is 0 Å². The van der Waals surface area contributed by atoms with Crippen LogP contribution in [0, 0.1) is 0 Å². The fourth-order valence-corrected chi connectivity index (χ4v) is 2.75. The highest BCUT2D eigenvalue weighted by molar-refractivity contribution is 5.93. The Bertz CT molecular complexity index is 535. The van der Waals surface area contributed by atoms with E-state index in [1.54, 1.807) is 31.2 Å². The molecule has 6 heteroatoms. The number of anilines is 1. The highest BCUT2D eigenvalue weighted by Crippen LogP contribution is 2.21. The van der Waals surface area contributed by atoms with E-state index in [1.807, 2.05) is 0 Å². The Balaban J connectivity index is 1.80. The van der Waals surface area contributed by atoms with Gasteiger partial charge < -0.3 is 19.9 Å². The summed E-state index contributed by atoms with van der Waals surface area (Å²) < 4.78 is 10.9. The number of nitrogens with one attached hydrogen (secondary N) is 1. The normalized spacial score (nSPS) is 16.9. The summed E-state index contributed by atoms with van der Waals surface area (Å²) in [4.78, 5) is 22.7. The van der Waals surface area contributed by atoms with Gasteiger partial charge in [-0.05, 0) is 44.0 Å². The minimum Gasteiger partial charge on any atom is -0.482 e. The van der Waals surface area contributed by atoms with E-state index in [9.17, 15) is 9.59 Å². The van der Waals surface area contributed by atoms with Crippen molar-refractivity contribution in [2.75, 3.05) is 11.9 Å². The number of hydrogen-bond donors (Lipinski definition) is 2. The maximum Gasteiger partial charge on any atom is 0.341 e. The number of carboxylic acid groups (broad SMARTS) is 1. The second-order valence-electron chi connectivity index (χ2n) is 6.09. The van der Waals surface area contributed by atoms with Crippen molar-refractivity contribution in [1.29, 1.82) is 0 Å². The fraction of sp³-hybridized carbons (Fsp3) is 0.556. The van der Waals surface area contributed by atoms with Gasteiger partial charge in [0.15, 0.2) is 6.61 Å². The van der Waals surface area contributed by atoms with Crippen LogP contribution < -0.4 is 10.1 Å². The van der Waals surface area contributed by atoms with Crippen molar-refractivity contribution in [1.82, 2.24) is 0 Å². The first-order chi connectivity index (χ1) is 11.5. The minimum absolute atomic E-state index is 0.167. The Labute approximate surface area is 142 Å². The molecule has 1 atom stereocenters. The van der Waals surface area contributed by atoms with Gasteiger partial charge in [0.25, 0.3) is 5.91 Å². The standard InChI is InChI=1S/C18H25NO5/c1-13(24-16-6-4-2-3-5-7-16)18(22)19-14-8-10-15(11-9-14)23-12-17(20)21/h8-11,13,16H,2-7,12H2,1H3,(H,19,22)(H,20,21). The molecule has 6 nitrogen and oxygen atoms in total. The number of ether oxygens (including phenoxy) is 2. The summed E-state index contributed by atoms with van der Waals surface area (Å²) in [6.07, 6.45) is 6.53. The van der Waals surface area contributed by atoms with Crippen LogP contribution in [0.25, 0.3) is 0 Å². The van der Waals surface area contributed by atoms with E-state index in [4.69, 9.17) is 14.6 Å². The Morgan fingerprint density at radius 2 is 1.79 bits per heavy atom. The van der Waals surface area contributed by atoms with Crippen molar-refractivity contribution in [3.05, 3.63) is 24.3 Å². The van der Waals surface area contributed by atoms with Gasteiger partial charge in [-0.3, -0.25) is 4.79 Å². The molecule has 1 aromatic rings. The highest BCUT2D eigenvalue weighted by atomic mass is 16.5. The SMILES string of the molecule is CC(OC1CCCCCC1)C(=O)Nc1ccc(OCC(=O)O)cc1. The zero-order valence-corrected chi connectivity index (χ0v) is 14.0. The molecule has 1 aliphatic carbocycles. The van der Waals surface area contributed by atoms with Crippen LogP contribution in [0.1, 0.15) is 45.4 Å². The van der Waals surface area contributed by atoms with E-state index in [0.29, 0.717) is 11.4 Å². The molecular formula is C18H25NO5. The van der Waals surface area contributed by atoms with Crippen molar-refractivity contribution in [2.45, 2.75) is 57.7 Å². The van der Waals surface area contributed by atoms with E-state index in [0.717, 1.165) is 25.7 Å². The zero-order valence-electron chi connectivity index (χ0n) is 14.0. The van der Waals surface area contributed by atoms with Crippen LogP contribution in [-0.4, -0.2) is 35.8 Å². The molecule has 2 N–H and O–H groups in total. The van der Waals surface area contributed by atoms with Crippen LogP contribution in [0.2, 0.25) is 0 Å². The molecule has 2 rings (SSSR count). The average molecular weight is 335 g/mol. The first-order valence-corrected chi connectivity index (χ1v) is 8.45. The molecule has 0 bridgehead atoms. The molecule has 1 unspecified atom stereocenters. The first-order valence-electron chi connectivity index (χ1n) is 8.45. The van der Waals surface area contributed by atoms with Gasteiger partial charge in [-0.15, -0.1) is 0 Å². The second kappa shape index (κ2) is 9.27. The number of carboxylic acids is 1. The van der Waals surface area contributed by atoms with Crippen molar-refractivity contribution >= 4 is 17.6 Å². The first kappa shape index (κ1) is 18.3. The van der Waals surface area contributed by atoms with Gasteiger partial charge in [0.1, 0.15) is 11.9 Å². The van der Waals surface area contributed by atoms with Crippen molar-refractivity contribution in [3.63, 3.8) is 0 Å². The third-order valence-electron chi connectivity index (χ3n) is 4.05. The second-order valence-corrected chi connectivity index (χ2v) is 6.09. The summed E-state index contributed by atoms with van der Waals surface area (Å²) >= 11 is 0. The molecule has 0 spiro atoms. The minimum atomic E-state index is -1.03. The largest absolute Gasteiger partial charge is 0.482 e. The number of carbonyl (C=O) groups excluding carboxylic acids is 1. The summed E-state index contributed by atoms with van der Waals surface area (Å²) in [5.41, 5.74) is 0.624. The average Bonchev–Trinajstić information content (AvgIpc) is 2.82. The summed E-state index contributed by atoms with van der Waals surface area (Å²) in [5.74, 6) is -0.770. The molecule has 0 aromatic heterocycles. The van der Waals surface area contributed by atoms with Gasteiger partial charge in [0, 0.05) is 5.69 Å². The van der Waals surface area contributed by atoms with Gasteiger partial charge in [0.05, 0.1) is 6.10 Å². The molecule has 0 radical (unpaired) electrons. The van der Waals surface area contributed by atoms with E-state index in [-0.39, 0.29) is 12.0 Å². The molecule has 1 fully saturated rings. The molecule has 0 aliphatic heterocycles. The van der Waals surface area contributed by atoms with Crippen LogP contribution >= 0.6 is 0 Å². The predicted molar refractivity (Wildman–Crippen MR) is 90.2 cm³/mol. The Morgan fingerprint density at radius 3 is 2.38 bits per heavy atom. The molecule has 1 amide bonds. The Hall–Kier alpha value is -2.08. The van der Waals surface area contributed by atoms with Crippen LogP contribution in [0.4, 0.5) is 5.69 Å². The molecule has 1 aliphatic rings. The van der Waals surface area contributed by atoms with Crippen molar-refractivity contribution in [2.24, 2.45) is 0 Å². The van der Waals surface area contributed by atoms with E-state index < -0.39 is 18.7 Å². The van der Waals surface area contributed by atoms with Gasteiger partial charge in [-0.1, -0.05) is 25.7 Å². The molecule has 1 saturated carbocycles. The molecule has 1 aromatic carbocycles. The fourth-order valence-electron chi connectivity index (χ4n) is 2.75. The molecule has 24 heavy (non-hydrogen) atoms. The van der Waals surface area contributed by atoms with E-state index in [2.05, 4.69) is 5.32 Å². The summed E-state index contributed by atoms with van der Waals surface area (Å²) in [6.45, 7) is 1.38. The third-order valence-corrected chi connectivity index (χ3v) is 4.05. The van der Waals surface area contributed by atoms with Crippen LogP contribution in [-0.2, 0) is 14.3 Å². The maximum absolute atomic E-state index is 12.2. The molecule has 0 heterocycles. The number of aliphatic carboxylic acids is 1. The third kappa shape index (κ3) is 6.20. The van der Waals surface area contributed by atoms with Crippen LogP contribution in [0.5, 0.6) is 5.75 Å². The van der Waals surface area contributed by atoms with E-state index >= 15 is 0 Å². The Morgan fingerprint density at radius 1 is 1.17 bits per heavy atom. The van der Waals surface area contributed by atoms with Crippen molar-refractivity contribution in [3.8, 4) is 5.75 Å². The number of hydrogen-bond acceptors (Lipinski definition) is 4. The van der Waals surface area contributed by atoms with Crippen LogP contribution in [0.3, 0.4) is 0 Å². The maximum atomic E-state index is 12.2. The smallest absolute Gasteiger partial charge is 0.341 e. The lowest BCUT2D eigenvalue weighted by atomic mass is 10.1. The summed E-state index contributed by atoms with van der Waals surface area (Å²) in [5, 5.41) is 11.4. The predicted octanol–water partition coefficient (Wildman–Crippen LogP) is 3.22. The van der Waals surface area contributed by atoms with Crippen LogP contribution in [0.15, 0.2) is 24.3 Å². The summed E-state index contributed by atoms with van der Waals surface area (Å²) in [7, 11) is 0. The lowest BCUT2D eigenvalue weighted by Crippen LogP contribution is -2.31. The topological polar surface area (TPSA) is 84.9 Å². The van der Waals surface area contributed by atoms with Crippen molar-refractivity contribution < 1.29 is 24.2 Å². The lowest BCUT2D eigenvalue weighted by molar-refractivity contribution is -0.139. The number of carbonyl (C=O) groups is 2. The number of rotatable bonds is 7. The molecule has 132 valence electrons. The lowest BCUT2D eigenvalue weighted by Gasteiger charge is -2.20. The monoisotopic (exact) mass is 335 g/mol. The van der Waals surface area contributed by atoms with Gasteiger partial charge >= 0.3 is 5.97 Å². The number of benzene rings is 1. The number of amides is 1. The van der Waals surface area contributed by atoms with E-state index in [1.165, 1.54) is 12.8 Å². The van der Waals surface area contributed by atoms with Gasteiger partial charge in [-0.2, -0.15) is 0 Å².